The number of nitriles is 1. The molecule has 0 aromatic heterocycles. The lowest BCUT2D eigenvalue weighted by Gasteiger charge is -2.46. The molecule has 0 unspecified atom stereocenters. The van der Waals surface area contributed by atoms with Crippen LogP contribution in [0.3, 0.4) is 0 Å². The molecular weight excluding hydrogens is 375 g/mol. The number of nitrogens with zero attached hydrogens (tertiary/aromatic N) is 2. The van der Waals surface area contributed by atoms with Gasteiger partial charge in [-0.2, -0.15) is 5.26 Å². The molecule has 7 heteroatoms. The van der Waals surface area contributed by atoms with Gasteiger partial charge in [-0.1, -0.05) is 0 Å². The summed E-state index contributed by atoms with van der Waals surface area (Å²) in [5.74, 6) is -0.378. The molecule has 3 rings (SSSR count). The largest absolute Gasteiger partial charge is 0.485 e. The molecule has 2 aromatic carbocycles. The number of halogens is 1. The molecule has 0 spiro atoms. The quantitative estimate of drug-likeness (QED) is 0.778. The number of fused-ring (bicyclic) bond motifs is 1. The second-order valence-corrected chi connectivity index (χ2v) is 7.37. The first-order valence-corrected chi connectivity index (χ1v) is 9.35. The van der Waals surface area contributed by atoms with E-state index in [0.29, 0.717) is 22.6 Å². The average molecular weight is 398 g/mol. The SMILES string of the molecule is CCOC(=O)CN(c1ccc(F)cc1)[C@H]1c2cc(C#N)ccc2OC(C)(C)[C@@H]1O. The maximum atomic E-state index is 13.5. The predicted octanol–water partition coefficient (Wildman–Crippen LogP) is 3.34. The van der Waals surface area contributed by atoms with Gasteiger partial charge in [0, 0.05) is 11.3 Å². The lowest BCUT2D eigenvalue weighted by atomic mass is 9.84. The second kappa shape index (κ2) is 8.10. The van der Waals surface area contributed by atoms with Crippen LogP contribution in [0.15, 0.2) is 42.5 Å². The molecule has 1 heterocycles. The van der Waals surface area contributed by atoms with Gasteiger partial charge in [0.25, 0.3) is 0 Å². The number of rotatable bonds is 5. The summed E-state index contributed by atoms with van der Waals surface area (Å²) in [5, 5.41) is 20.5. The normalized spacial score (nSPS) is 19.4. The van der Waals surface area contributed by atoms with E-state index in [-0.39, 0.29) is 13.2 Å². The lowest BCUT2D eigenvalue weighted by Crippen LogP contribution is -2.54. The zero-order chi connectivity index (χ0) is 21.2. The minimum atomic E-state index is -1.04. The molecule has 0 radical (unpaired) electrons. The summed E-state index contributed by atoms with van der Waals surface area (Å²) in [6.45, 7) is 5.26. The number of carbonyl (C=O) groups is 1. The van der Waals surface area contributed by atoms with Gasteiger partial charge in [0.1, 0.15) is 29.8 Å². The van der Waals surface area contributed by atoms with Crippen LogP contribution in [0.25, 0.3) is 0 Å². The van der Waals surface area contributed by atoms with Crippen molar-refractivity contribution in [2.45, 2.75) is 38.5 Å². The van der Waals surface area contributed by atoms with Crippen molar-refractivity contribution in [1.29, 1.82) is 5.26 Å². The smallest absolute Gasteiger partial charge is 0.325 e. The molecule has 6 nitrogen and oxygen atoms in total. The van der Waals surface area contributed by atoms with E-state index in [1.807, 2.05) is 0 Å². The average Bonchev–Trinajstić information content (AvgIpc) is 2.68. The van der Waals surface area contributed by atoms with E-state index < -0.39 is 29.5 Å². The molecular formula is C22H23FN2O4. The maximum absolute atomic E-state index is 13.5. The standard InChI is InChI=1S/C22H23FN2O4/c1-4-28-19(26)13-25(16-8-6-15(23)7-9-16)20-17-11-14(12-24)5-10-18(17)29-22(2,3)21(20)27/h5-11,20-21,27H,4,13H2,1-3H3/t20-,21+/m0/s1. The predicted molar refractivity (Wildman–Crippen MR) is 105 cm³/mol. The molecule has 1 aliphatic heterocycles. The zero-order valence-corrected chi connectivity index (χ0v) is 16.6. The zero-order valence-electron chi connectivity index (χ0n) is 16.6. The molecule has 29 heavy (non-hydrogen) atoms. The summed E-state index contributed by atoms with van der Waals surface area (Å²) in [6.07, 6.45) is -1.04. The number of anilines is 1. The van der Waals surface area contributed by atoms with Gasteiger partial charge in [-0.25, -0.2) is 4.39 Å². The molecule has 1 aliphatic rings. The van der Waals surface area contributed by atoms with E-state index in [9.17, 15) is 19.6 Å². The Balaban J connectivity index is 2.15. The van der Waals surface area contributed by atoms with Crippen molar-refractivity contribution in [3.8, 4) is 11.8 Å². The van der Waals surface area contributed by atoms with Gasteiger partial charge in [-0.05, 0) is 63.2 Å². The second-order valence-electron chi connectivity index (χ2n) is 7.37. The fourth-order valence-corrected chi connectivity index (χ4v) is 3.50. The summed E-state index contributed by atoms with van der Waals surface area (Å²) in [5.41, 5.74) is 0.553. The molecule has 1 N–H and O–H groups in total. The molecule has 2 atom stereocenters. The van der Waals surface area contributed by atoms with Gasteiger partial charge in [0.05, 0.1) is 24.3 Å². The molecule has 0 amide bonds. The van der Waals surface area contributed by atoms with Crippen molar-refractivity contribution >= 4 is 11.7 Å². The van der Waals surface area contributed by atoms with Gasteiger partial charge in [-0.3, -0.25) is 4.79 Å². The summed E-state index contributed by atoms with van der Waals surface area (Å²) in [6, 6.07) is 12.0. The molecule has 0 aliphatic carbocycles. The highest BCUT2D eigenvalue weighted by molar-refractivity contribution is 5.76. The number of carbonyl (C=O) groups excluding carboxylic acids is 1. The first-order chi connectivity index (χ1) is 13.8. The van der Waals surface area contributed by atoms with Gasteiger partial charge in [-0.15, -0.1) is 0 Å². The van der Waals surface area contributed by atoms with Crippen molar-refractivity contribution in [3.63, 3.8) is 0 Å². The maximum Gasteiger partial charge on any atom is 0.325 e. The number of aliphatic hydroxyl groups excluding tert-OH is 1. The van der Waals surface area contributed by atoms with Crippen LogP contribution in [0.2, 0.25) is 0 Å². The van der Waals surface area contributed by atoms with Crippen LogP contribution >= 0.6 is 0 Å². The number of hydrogen-bond acceptors (Lipinski definition) is 6. The van der Waals surface area contributed by atoms with E-state index in [1.165, 1.54) is 24.3 Å². The van der Waals surface area contributed by atoms with Gasteiger partial charge >= 0.3 is 5.97 Å². The summed E-state index contributed by atoms with van der Waals surface area (Å²) >= 11 is 0. The van der Waals surface area contributed by atoms with Crippen molar-refractivity contribution in [1.82, 2.24) is 0 Å². The van der Waals surface area contributed by atoms with Crippen LogP contribution in [0, 0.1) is 17.1 Å². The highest BCUT2D eigenvalue weighted by Gasteiger charge is 2.46. The van der Waals surface area contributed by atoms with Crippen LogP contribution in [-0.4, -0.2) is 35.9 Å². The van der Waals surface area contributed by atoms with Crippen molar-refractivity contribution in [3.05, 3.63) is 59.4 Å². The van der Waals surface area contributed by atoms with Crippen LogP contribution in [-0.2, 0) is 9.53 Å². The van der Waals surface area contributed by atoms with Crippen LogP contribution in [0.5, 0.6) is 5.75 Å². The fourth-order valence-electron chi connectivity index (χ4n) is 3.50. The Morgan fingerprint density at radius 1 is 1.31 bits per heavy atom. The third kappa shape index (κ3) is 4.17. The van der Waals surface area contributed by atoms with Gasteiger partial charge < -0.3 is 19.5 Å². The van der Waals surface area contributed by atoms with E-state index in [0.717, 1.165) is 0 Å². The molecule has 0 saturated heterocycles. The summed E-state index contributed by atoms with van der Waals surface area (Å²) in [4.78, 5) is 14.0. The van der Waals surface area contributed by atoms with Crippen molar-refractivity contribution in [2.75, 3.05) is 18.1 Å². The van der Waals surface area contributed by atoms with Gasteiger partial charge in [0.2, 0.25) is 0 Å². The number of benzene rings is 2. The third-order valence-electron chi connectivity index (χ3n) is 4.94. The van der Waals surface area contributed by atoms with Crippen LogP contribution in [0.1, 0.15) is 37.9 Å². The Labute approximate surface area is 169 Å². The number of hydrogen-bond donors (Lipinski definition) is 1. The first-order valence-electron chi connectivity index (χ1n) is 9.35. The topological polar surface area (TPSA) is 82.8 Å². The Hall–Kier alpha value is -3.11. The summed E-state index contributed by atoms with van der Waals surface area (Å²) < 4.78 is 24.6. The van der Waals surface area contributed by atoms with E-state index >= 15 is 0 Å². The minimum absolute atomic E-state index is 0.159. The molecule has 2 aromatic rings. The molecule has 152 valence electrons. The highest BCUT2D eigenvalue weighted by Crippen LogP contribution is 2.44. The van der Waals surface area contributed by atoms with Crippen LogP contribution < -0.4 is 9.64 Å². The molecule has 0 saturated carbocycles. The minimum Gasteiger partial charge on any atom is -0.485 e. The van der Waals surface area contributed by atoms with E-state index in [1.54, 1.807) is 43.9 Å². The first kappa shape index (κ1) is 20.6. The van der Waals surface area contributed by atoms with Gasteiger partial charge in [0.15, 0.2) is 0 Å². The lowest BCUT2D eigenvalue weighted by molar-refractivity contribution is -0.141. The van der Waals surface area contributed by atoms with Crippen molar-refractivity contribution < 1.29 is 23.8 Å². The molecule has 0 bridgehead atoms. The number of aliphatic hydroxyl groups is 1. The van der Waals surface area contributed by atoms with Crippen molar-refractivity contribution in [2.24, 2.45) is 0 Å². The molecule has 0 fully saturated rings. The van der Waals surface area contributed by atoms with E-state index in [4.69, 9.17) is 9.47 Å². The van der Waals surface area contributed by atoms with Crippen LogP contribution in [0.4, 0.5) is 10.1 Å². The van der Waals surface area contributed by atoms with E-state index in [2.05, 4.69) is 6.07 Å². The Kier molecular flexibility index (Phi) is 5.76. The highest BCUT2D eigenvalue weighted by atomic mass is 19.1. The number of esters is 1. The monoisotopic (exact) mass is 398 g/mol. The Bertz CT molecular complexity index is 937. The number of ether oxygens (including phenoxy) is 2. The Morgan fingerprint density at radius 2 is 2.00 bits per heavy atom. The Morgan fingerprint density at radius 3 is 2.62 bits per heavy atom. The fraction of sp³-hybridized carbons (Fsp3) is 0.364. The summed E-state index contributed by atoms with van der Waals surface area (Å²) in [7, 11) is 0. The third-order valence-corrected chi connectivity index (χ3v) is 4.94.